The van der Waals surface area contributed by atoms with Crippen molar-refractivity contribution in [1.29, 1.82) is 0 Å². The van der Waals surface area contributed by atoms with E-state index in [-0.39, 0.29) is 11.9 Å². The summed E-state index contributed by atoms with van der Waals surface area (Å²) in [6, 6.07) is 8.56. The quantitative estimate of drug-likeness (QED) is 0.775. The lowest BCUT2D eigenvalue weighted by molar-refractivity contribution is -0.0515. The van der Waals surface area contributed by atoms with Crippen molar-refractivity contribution < 1.29 is 23.0 Å². The number of ether oxygens (including phenoxy) is 3. The summed E-state index contributed by atoms with van der Waals surface area (Å²) in [7, 11) is 0. The molecule has 0 aliphatic heterocycles. The van der Waals surface area contributed by atoms with Crippen LogP contribution in [0.25, 0.3) is 0 Å². The molecule has 0 bridgehead atoms. The summed E-state index contributed by atoms with van der Waals surface area (Å²) in [5.41, 5.74) is 0.826. The smallest absolute Gasteiger partial charge is 0.387 e. The van der Waals surface area contributed by atoms with Gasteiger partial charge >= 0.3 is 6.61 Å². The third-order valence-electron chi connectivity index (χ3n) is 3.70. The van der Waals surface area contributed by atoms with Crippen molar-refractivity contribution in [3.05, 3.63) is 42.1 Å². The number of hydrogen-bond acceptors (Lipinski definition) is 3. The molecule has 0 amide bonds. The van der Waals surface area contributed by atoms with E-state index in [0.717, 1.165) is 18.4 Å². The van der Waals surface area contributed by atoms with Crippen LogP contribution in [0.15, 0.2) is 36.5 Å². The molecule has 1 aliphatic carbocycles. The zero-order chi connectivity index (χ0) is 16.2. The minimum absolute atomic E-state index is 0.0523. The van der Waals surface area contributed by atoms with Crippen molar-refractivity contribution >= 4 is 0 Å². The number of aromatic amines is 1. The Bertz CT molecular complexity index is 627. The maximum Gasteiger partial charge on any atom is 0.387 e. The normalized spacial score (nSPS) is 15.5. The summed E-state index contributed by atoms with van der Waals surface area (Å²) >= 11 is 0. The van der Waals surface area contributed by atoms with Crippen LogP contribution in [0.4, 0.5) is 8.78 Å². The number of rotatable bonds is 8. The maximum atomic E-state index is 12.5. The van der Waals surface area contributed by atoms with Gasteiger partial charge in [-0.25, -0.2) is 0 Å². The Kier molecular flexibility index (Phi) is 4.69. The van der Waals surface area contributed by atoms with Crippen LogP contribution in [0.3, 0.4) is 0 Å². The van der Waals surface area contributed by atoms with Crippen molar-refractivity contribution in [2.24, 2.45) is 5.92 Å². The number of H-pyrrole nitrogens is 1. The van der Waals surface area contributed by atoms with Crippen LogP contribution in [0.2, 0.25) is 0 Å². The Morgan fingerprint density at radius 1 is 1.17 bits per heavy atom. The molecule has 1 aliphatic rings. The number of halogens is 2. The number of hydrogen-bond donors (Lipinski definition) is 1. The van der Waals surface area contributed by atoms with E-state index in [1.165, 1.54) is 6.07 Å². The van der Waals surface area contributed by atoms with E-state index >= 15 is 0 Å². The predicted octanol–water partition coefficient (Wildman–Crippen LogP) is 4.54. The molecule has 2 aromatic rings. The molecule has 0 spiro atoms. The van der Waals surface area contributed by atoms with Crippen molar-refractivity contribution in [2.45, 2.75) is 32.5 Å². The van der Waals surface area contributed by atoms with Crippen LogP contribution < -0.4 is 14.2 Å². The Balaban J connectivity index is 1.75. The van der Waals surface area contributed by atoms with E-state index in [1.54, 1.807) is 18.3 Å². The van der Waals surface area contributed by atoms with Crippen molar-refractivity contribution in [1.82, 2.24) is 4.98 Å². The van der Waals surface area contributed by atoms with Crippen molar-refractivity contribution in [2.75, 3.05) is 6.61 Å². The predicted molar refractivity (Wildman–Crippen MR) is 81.1 cm³/mol. The molecule has 1 aromatic carbocycles. The van der Waals surface area contributed by atoms with Crippen LogP contribution in [0.1, 0.15) is 31.4 Å². The van der Waals surface area contributed by atoms with E-state index in [9.17, 15) is 8.78 Å². The molecule has 4 nitrogen and oxygen atoms in total. The van der Waals surface area contributed by atoms with Crippen molar-refractivity contribution in [3.63, 3.8) is 0 Å². The summed E-state index contributed by atoms with van der Waals surface area (Å²) in [5, 5.41) is 0. The average molecular weight is 323 g/mol. The van der Waals surface area contributed by atoms with E-state index in [1.807, 2.05) is 19.1 Å². The van der Waals surface area contributed by atoms with Gasteiger partial charge in [0.2, 0.25) is 0 Å². The Morgan fingerprint density at radius 3 is 2.65 bits per heavy atom. The first-order valence-corrected chi connectivity index (χ1v) is 7.63. The highest BCUT2D eigenvalue weighted by atomic mass is 19.3. The van der Waals surface area contributed by atoms with E-state index in [4.69, 9.17) is 9.47 Å². The van der Waals surface area contributed by atoms with Gasteiger partial charge < -0.3 is 19.2 Å². The first kappa shape index (κ1) is 15.6. The van der Waals surface area contributed by atoms with Crippen LogP contribution in [0.5, 0.6) is 17.4 Å². The zero-order valence-corrected chi connectivity index (χ0v) is 12.8. The van der Waals surface area contributed by atoms with Gasteiger partial charge in [-0.15, -0.1) is 0 Å². The molecule has 1 N–H and O–H groups in total. The van der Waals surface area contributed by atoms with E-state index in [2.05, 4.69) is 9.72 Å². The minimum atomic E-state index is -2.88. The van der Waals surface area contributed by atoms with Gasteiger partial charge in [-0.1, -0.05) is 6.07 Å². The van der Waals surface area contributed by atoms with Crippen LogP contribution in [-0.4, -0.2) is 18.2 Å². The average Bonchev–Trinajstić information content (AvgIpc) is 3.21. The zero-order valence-electron chi connectivity index (χ0n) is 12.8. The van der Waals surface area contributed by atoms with Crippen LogP contribution in [-0.2, 0) is 0 Å². The lowest BCUT2D eigenvalue weighted by Crippen LogP contribution is -2.08. The molecule has 1 saturated carbocycles. The van der Waals surface area contributed by atoms with Gasteiger partial charge in [0.15, 0.2) is 17.4 Å². The highest BCUT2D eigenvalue weighted by molar-refractivity contribution is 5.44. The van der Waals surface area contributed by atoms with Gasteiger partial charge in [0.25, 0.3) is 0 Å². The monoisotopic (exact) mass is 323 g/mol. The second-order valence-electron chi connectivity index (χ2n) is 5.63. The molecule has 1 atom stereocenters. The molecule has 1 unspecified atom stereocenters. The van der Waals surface area contributed by atoms with E-state index in [0.29, 0.717) is 24.2 Å². The Labute approximate surface area is 133 Å². The molecule has 0 radical (unpaired) electrons. The Morgan fingerprint density at radius 2 is 2.00 bits per heavy atom. The number of aromatic nitrogens is 1. The third-order valence-corrected chi connectivity index (χ3v) is 3.70. The largest absolute Gasteiger partial charge is 0.489 e. The Hall–Kier alpha value is -2.24. The second-order valence-corrected chi connectivity index (χ2v) is 5.63. The molecule has 1 heterocycles. The highest BCUT2D eigenvalue weighted by Crippen LogP contribution is 2.35. The van der Waals surface area contributed by atoms with Gasteiger partial charge in [-0.3, -0.25) is 0 Å². The fraction of sp³-hybridized carbons (Fsp3) is 0.412. The number of nitrogens with one attached hydrogen (secondary N) is 1. The highest BCUT2D eigenvalue weighted by Gasteiger charge is 2.23. The molecule has 0 saturated heterocycles. The SMILES string of the molecule is CC(Oc1ccc[nH]1)c1ccc(OC(F)F)c(OCC2CC2)c1. The molecular formula is C17H19F2NO3. The maximum absolute atomic E-state index is 12.5. The van der Waals surface area contributed by atoms with E-state index < -0.39 is 6.61 Å². The fourth-order valence-electron chi connectivity index (χ4n) is 2.22. The first-order valence-electron chi connectivity index (χ1n) is 7.63. The molecular weight excluding hydrogens is 304 g/mol. The van der Waals surface area contributed by atoms with Gasteiger partial charge in [-0.2, -0.15) is 8.78 Å². The van der Waals surface area contributed by atoms with Gasteiger partial charge in [-0.05, 0) is 55.5 Å². The molecule has 1 fully saturated rings. The summed E-state index contributed by atoms with van der Waals surface area (Å²) in [6.45, 7) is -0.472. The standard InChI is InChI=1S/C17H19F2NO3/c1-11(22-16-3-2-8-20-16)13-6-7-14(23-17(18)19)15(9-13)21-10-12-4-5-12/h2-3,6-9,11-12,17,20H,4-5,10H2,1H3. The molecule has 124 valence electrons. The summed E-state index contributed by atoms with van der Waals surface area (Å²) in [6.07, 6.45) is 3.76. The van der Waals surface area contributed by atoms with Gasteiger partial charge in [0.1, 0.15) is 6.10 Å². The summed E-state index contributed by atoms with van der Waals surface area (Å²) < 4.78 is 41.0. The molecule has 1 aromatic heterocycles. The molecule has 23 heavy (non-hydrogen) atoms. The third kappa shape index (κ3) is 4.37. The second kappa shape index (κ2) is 6.89. The fourth-order valence-corrected chi connectivity index (χ4v) is 2.22. The minimum Gasteiger partial charge on any atom is -0.489 e. The van der Waals surface area contributed by atoms with Crippen molar-refractivity contribution in [3.8, 4) is 17.4 Å². The molecule has 6 heteroatoms. The topological polar surface area (TPSA) is 43.5 Å². The van der Waals surface area contributed by atoms with Gasteiger partial charge in [0.05, 0.1) is 6.61 Å². The summed E-state index contributed by atoms with van der Waals surface area (Å²) in [4.78, 5) is 2.96. The van der Waals surface area contributed by atoms with Crippen LogP contribution in [0, 0.1) is 5.92 Å². The number of alkyl halides is 2. The summed E-state index contributed by atoms with van der Waals surface area (Å²) in [5.74, 6) is 1.55. The lowest BCUT2D eigenvalue weighted by atomic mass is 10.1. The lowest BCUT2D eigenvalue weighted by Gasteiger charge is -2.17. The molecule has 3 rings (SSSR count). The van der Waals surface area contributed by atoms with Crippen LogP contribution >= 0.6 is 0 Å². The van der Waals surface area contributed by atoms with Gasteiger partial charge in [0, 0.05) is 6.20 Å². The number of benzene rings is 1. The first-order chi connectivity index (χ1) is 11.1.